The molecule has 1 aliphatic carbocycles. The van der Waals surface area contributed by atoms with Crippen molar-refractivity contribution in [3.8, 4) is 11.1 Å². The van der Waals surface area contributed by atoms with Crippen molar-refractivity contribution < 1.29 is 0 Å². The van der Waals surface area contributed by atoms with E-state index in [4.69, 9.17) is 0 Å². The molecule has 2 aromatic rings. The summed E-state index contributed by atoms with van der Waals surface area (Å²) in [7, 11) is 0. The van der Waals surface area contributed by atoms with E-state index in [-0.39, 0.29) is 5.41 Å². The van der Waals surface area contributed by atoms with Crippen LogP contribution in [0, 0.1) is 13.8 Å². The minimum absolute atomic E-state index is 0.255. The van der Waals surface area contributed by atoms with Crippen LogP contribution >= 0.6 is 0 Å². The minimum Gasteiger partial charge on any atom is -0.296 e. The molecule has 4 rings (SSSR count). The van der Waals surface area contributed by atoms with Crippen molar-refractivity contribution >= 4 is 0 Å². The molecule has 138 valence electrons. The Morgan fingerprint density at radius 2 is 1.65 bits per heavy atom. The molecule has 1 aromatic heterocycles. The molecule has 1 fully saturated rings. The first-order valence-corrected chi connectivity index (χ1v) is 10.3. The molecular weight excluding hydrogens is 316 g/mol. The molecular formula is C24H32N2. The van der Waals surface area contributed by atoms with Gasteiger partial charge in [-0.2, -0.15) is 0 Å². The quantitative estimate of drug-likeness (QED) is 0.682. The lowest BCUT2D eigenvalue weighted by Gasteiger charge is -2.28. The molecule has 0 saturated heterocycles. The average Bonchev–Trinajstić information content (AvgIpc) is 3.07. The smallest absolute Gasteiger partial charge is 0.0382 e. The fourth-order valence-electron chi connectivity index (χ4n) is 5.00. The molecule has 0 amide bonds. The molecule has 0 N–H and O–H groups in total. The lowest BCUT2D eigenvalue weighted by atomic mass is 9.79. The Balaban J connectivity index is 1.73. The van der Waals surface area contributed by atoms with Crippen LogP contribution < -0.4 is 0 Å². The number of hydrogen-bond acceptors (Lipinski definition) is 2. The summed E-state index contributed by atoms with van der Waals surface area (Å²) in [4.78, 5) is 7.31. The molecule has 0 spiro atoms. The Hall–Kier alpha value is -1.67. The molecule has 1 aliphatic heterocycles. The van der Waals surface area contributed by atoms with Crippen molar-refractivity contribution in [3.05, 3.63) is 52.8 Å². The molecule has 2 aliphatic rings. The zero-order valence-corrected chi connectivity index (χ0v) is 16.8. The van der Waals surface area contributed by atoms with Crippen molar-refractivity contribution in [2.75, 3.05) is 6.54 Å². The molecule has 2 heterocycles. The van der Waals surface area contributed by atoms with Crippen LogP contribution in [-0.4, -0.2) is 22.5 Å². The van der Waals surface area contributed by atoms with Crippen LogP contribution in [0.3, 0.4) is 0 Å². The van der Waals surface area contributed by atoms with Crippen molar-refractivity contribution in [1.29, 1.82) is 0 Å². The molecule has 2 nitrogen and oxygen atoms in total. The van der Waals surface area contributed by atoms with Gasteiger partial charge in [-0.25, -0.2) is 0 Å². The van der Waals surface area contributed by atoms with Gasteiger partial charge in [0.2, 0.25) is 0 Å². The lowest BCUT2D eigenvalue weighted by molar-refractivity contribution is 0.184. The summed E-state index contributed by atoms with van der Waals surface area (Å²) in [5.41, 5.74) is 8.17. The molecule has 1 saturated carbocycles. The van der Waals surface area contributed by atoms with Gasteiger partial charge >= 0.3 is 0 Å². The number of hydrogen-bond donors (Lipinski definition) is 0. The monoisotopic (exact) mass is 348 g/mol. The van der Waals surface area contributed by atoms with E-state index in [9.17, 15) is 0 Å². The van der Waals surface area contributed by atoms with Crippen LogP contribution in [0.25, 0.3) is 11.1 Å². The Bertz CT molecular complexity index is 780. The van der Waals surface area contributed by atoms with Gasteiger partial charge in [0.15, 0.2) is 0 Å². The van der Waals surface area contributed by atoms with Crippen molar-refractivity contribution in [2.45, 2.75) is 77.8 Å². The largest absolute Gasteiger partial charge is 0.296 e. The number of pyridine rings is 1. The first kappa shape index (κ1) is 17.7. The Kier molecular flexibility index (Phi) is 4.64. The van der Waals surface area contributed by atoms with Crippen LogP contribution in [0.1, 0.15) is 68.5 Å². The van der Waals surface area contributed by atoms with Crippen LogP contribution in [-0.2, 0) is 12.0 Å². The van der Waals surface area contributed by atoms with Crippen molar-refractivity contribution in [3.63, 3.8) is 0 Å². The summed E-state index contributed by atoms with van der Waals surface area (Å²) in [5.74, 6) is 0. The van der Waals surface area contributed by atoms with Crippen LogP contribution in [0.5, 0.6) is 0 Å². The van der Waals surface area contributed by atoms with Gasteiger partial charge in [-0.1, -0.05) is 38.8 Å². The average molecular weight is 349 g/mol. The molecule has 1 aromatic carbocycles. The Labute approximate surface area is 158 Å². The van der Waals surface area contributed by atoms with E-state index in [1.165, 1.54) is 55.3 Å². The summed E-state index contributed by atoms with van der Waals surface area (Å²) in [6, 6.07) is 12.4. The fraction of sp³-hybridized carbons (Fsp3) is 0.542. The summed E-state index contributed by atoms with van der Waals surface area (Å²) in [5, 5.41) is 0. The second-order valence-electron chi connectivity index (χ2n) is 9.05. The highest BCUT2D eigenvalue weighted by atomic mass is 15.2. The van der Waals surface area contributed by atoms with Crippen LogP contribution in [0.4, 0.5) is 0 Å². The molecule has 2 heteroatoms. The number of aromatic nitrogens is 1. The maximum Gasteiger partial charge on any atom is 0.0382 e. The van der Waals surface area contributed by atoms with Crippen LogP contribution in [0.2, 0.25) is 0 Å². The summed E-state index contributed by atoms with van der Waals surface area (Å²) in [6.07, 6.45) is 6.85. The topological polar surface area (TPSA) is 16.1 Å². The highest BCUT2D eigenvalue weighted by molar-refractivity contribution is 5.66. The van der Waals surface area contributed by atoms with E-state index in [0.29, 0.717) is 0 Å². The third-order valence-electron chi connectivity index (χ3n) is 6.49. The number of aryl methyl sites for hydroxylation is 2. The van der Waals surface area contributed by atoms with E-state index >= 15 is 0 Å². The first-order chi connectivity index (χ1) is 12.4. The highest BCUT2D eigenvalue weighted by Crippen LogP contribution is 2.38. The Morgan fingerprint density at radius 3 is 2.35 bits per heavy atom. The molecule has 0 atom stereocenters. The zero-order valence-electron chi connectivity index (χ0n) is 16.8. The maximum atomic E-state index is 4.54. The molecule has 26 heavy (non-hydrogen) atoms. The van der Waals surface area contributed by atoms with E-state index in [1.54, 1.807) is 5.56 Å². The van der Waals surface area contributed by atoms with Crippen molar-refractivity contribution in [2.24, 2.45) is 0 Å². The number of nitrogens with zero attached hydrogens (tertiary/aromatic N) is 2. The van der Waals surface area contributed by atoms with Gasteiger partial charge in [-0.05, 0) is 85.5 Å². The molecule has 0 radical (unpaired) electrons. The van der Waals surface area contributed by atoms with Gasteiger partial charge in [0.05, 0.1) is 0 Å². The second-order valence-corrected chi connectivity index (χ2v) is 9.05. The number of benzene rings is 1. The predicted molar refractivity (Wildman–Crippen MR) is 109 cm³/mol. The number of fused-ring (bicyclic) bond motifs is 1. The normalized spacial score (nSPS) is 20.8. The second kappa shape index (κ2) is 6.81. The summed E-state index contributed by atoms with van der Waals surface area (Å²) < 4.78 is 0. The third kappa shape index (κ3) is 3.44. The van der Waals surface area contributed by atoms with E-state index in [2.05, 4.69) is 67.9 Å². The van der Waals surface area contributed by atoms with E-state index in [0.717, 1.165) is 24.0 Å². The summed E-state index contributed by atoms with van der Waals surface area (Å²) >= 11 is 0. The van der Waals surface area contributed by atoms with Crippen molar-refractivity contribution in [1.82, 2.24) is 9.88 Å². The minimum atomic E-state index is 0.255. The zero-order chi connectivity index (χ0) is 18.3. The van der Waals surface area contributed by atoms with Crippen LogP contribution in [0.15, 0.2) is 30.3 Å². The van der Waals surface area contributed by atoms with Gasteiger partial charge in [-0.3, -0.25) is 9.88 Å². The standard InChI is InChI=1S/C24H32N2/c1-17-13-20(14-18(2)25-17)19-9-10-23-21(15-19)16-26(12-11-24(23,3)4)22-7-5-6-8-22/h9-10,13-15,22H,5-8,11-12,16H2,1-4H3. The van der Waals surface area contributed by atoms with Gasteiger partial charge in [0.1, 0.15) is 0 Å². The fourth-order valence-corrected chi connectivity index (χ4v) is 5.00. The maximum absolute atomic E-state index is 4.54. The van der Waals surface area contributed by atoms with Gasteiger partial charge in [0.25, 0.3) is 0 Å². The Morgan fingerprint density at radius 1 is 0.962 bits per heavy atom. The van der Waals surface area contributed by atoms with Gasteiger partial charge in [0, 0.05) is 24.0 Å². The predicted octanol–water partition coefficient (Wildman–Crippen LogP) is 5.79. The van der Waals surface area contributed by atoms with Gasteiger partial charge in [-0.15, -0.1) is 0 Å². The lowest BCUT2D eigenvalue weighted by Crippen LogP contribution is -2.33. The van der Waals surface area contributed by atoms with E-state index < -0.39 is 0 Å². The third-order valence-corrected chi connectivity index (χ3v) is 6.49. The first-order valence-electron chi connectivity index (χ1n) is 10.3. The molecule has 0 unspecified atom stereocenters. The van der Waals surface area contributed by atoms with E-state index in [1.807, 2.05) is 0 Å². The number of rotatable bonds is 2. The summed E-state index contributed by atoms with van der Waals surface area (Å²) in [6.45, 7) is 11.4. The molecule has 0 bridgehead atoms. The van der Waals surface area contributed by atoms with Gasteiger partial charge < -0.3 is 0 Å². The SMILES string of the molecule is Cc1cc(-c2ccc3c(c2)CN(C2CCCC2)CCC3(C)C)cc(C)n1. The highest BCUT2D eigenvalue weighted by Gasteiger charge is 2.32.